The van der Waals surface area contributed by atoms with Crippen molar-refractivity contribution in [2.45, 2.75) is 13.5 Å². The summed E-state index contributed by atoms with van der Waals surface area (Å²) in [6, 6.07) is 7.29. The summed E-state index contributed by atoms with van der Waals surface area (Å²) in [4.78, 5) is 12.0. The summed E-state index contributed by atoms with van der Waals surface area (Å²) in [5, 5.41) is 9.20. The minimum atomic E-state index is -0.544. The molecule has 18 heavy (non-hydrogen) atoms. The maximum Gasteiger partial charge on any atom is 0.264 e. The number of halogens is 2. The molecule has 2 aromatic rings. The Bertz CT molecular complexity index is 652. The van der Waals surface area contributed by atoms with Crippen LogP contribution in [0, 0.1) is 9.39 Å². The predicted molar refractivity (Wildman–Crippen MR) is 76.2 cm³/mol. The number of aromatic nitrogens is 1. The van der Waals surface area contributed by atoms with Crippen LogP contribution < -0.4 is 5.56 Å². The molecule has 0 fully saturated rings. The molecule has 0 bridgehead atoms. The summed E-state index contributed by atoms with van der Waals surface area (Å²) in [6.07, 6.45) is 0. The summed E-state index contributed by atoms with van der Waals surface area (Å²) in [5.41, 5.74) is 0.687. The summed E-state index contributed by atoms with van der Waals surface area (Å²) in [6.45, 7) is 2.30. The van der Waals surface area contributed by atoms with Crippen molar-refractivity contribution in [3.63, 3.8) is 0 Å². The predicted octanol–water partition coefficient (Wildman–Crippen LogP) is 2.98. The third-order valence-corrected chi connectivity index (χ3v) is 3.49. The first kappa shape index (κ1) is 13.1. The van der Waals surface area contributed by atoms with Gasteiger partial charge in [-0.1, -0.05) is 0 Å². The lowest BCUT2D eigenvalue weighted by Gasteiger charge is -2.12. The maximum atomic E-state index is 13.8. The van der Waals surface area contributed by atoms with E-state index in [-0.39, 0.29) is 11.3 Å². The number of pyridine rings is 1. The molecule has 1 aromatic heterocycles. The Kier molecular flexibility index (Phi) is 3.70. The highest BCUT2D eigenvalue weighted by Gasteiger charge is 2.12. The number of phenols is 1. The van der Waals surface area contributed by atoms with Gasteiger partial charge in [-0.2, -0.15) is 0 Å². The number of nitrogens with zero attached hydrogens (tertiary/aromatic N) is 1. The molecule has 0 radical (unpaired) electrons. The van der Waals surface area contributed by atoms with Crippen molar-refractivity contribution in [3.8, 4) is 17.0 Å². The Morgan fingerprint density at radius 3 is 2.67 bits per heavy atom. The molecule has 1 N–H and O–H groups in total. The van der Waals surface area contributed by atoms with Crippen LogP contribution in [0.4, 0.5) is 4.39 Å². The lowest BCUT2D eigenvalue weighted by molar-refractivity contribution is 0.469. The Morgan fingerprint density at radius 1 is 1.33 bits per heavy atom. The van der Waals surface area contributed by atoms with E-state index in [1.165, 1.54) is 16.7 Å². The molecule has 0 amide bonds. The van der Waals surface area contributed by atoms with Gasteiger partial charge in [-0.3, -0.25) is 4.79 Å². The molecule has 2 rings (SSSR count). The molecule has 3 nitrogen and oxygen atoms in total. The Balaban J connectivity index is 2.71. The number of benzene rings is 1. The van der Waals surface area contributed by atoms with E-state index in [0.29, 0.717) is 21.4 Å². The Hall–Kier alpha value is -1.37. The van der Waals surface area contributed by atoms with E-state index in [9.17, 15) is 14.3 Å². The lowest BCUT2D eigenvalue weighted by atomic mass is 10.1. The van der Waals surface area contributed by atoms with Gasteiger partial charge >= 0.3 is 0 Å². The van der Waals surface area contributed by atoms with Crippen molar-refractivity contribution in [2.75, 3.05) is 0 Å². The Morgan fingerprint density at radius 2 is 2.06 bits per heavy atom. The molecular formula is C13H11FINO2. The van der Waals surface area contributed by atoms with E-state index in [1.807, 2.05) is 29.5 Å². The van der Waals surface area contributed by atoms with Crippen LogP contribution in [0.2, 0.25) is 0 Å². The van der Waals surface area contributed by atoms with Gasteiger partial charge in [-0.25, -0.2) is 4.39 Å². The second kappa shape index (κ2) is 5.09. The van der Waals surface area contributed by atoms with Crippen molar-refractivity contribution in [1.82, 2.24) is 4.57 Å². The van der Waals surface area contributed by atoms with Crippen LogP contribution in [0.3, 0.4) is 0 Å². The lowest BCUT2D eigenvalue weighted by Crippen LogP contribution is -2.23. The van der Waals surface area contributed by atoms with Crippen LogP contribution in [-0.4, -0.2) is 9.67 Å². The smallest absolute Gasteiger partial charge is 0.264 e. The molecule has 0 saturated heterocycles. The highest BCUT2D eigenvalue weighted by Crippen LogP contribution is 2.25. The number of hydrogen-bond acceptors (Lipinski definition) is 2. The number of hydrogen-bond donors (Lipinski definition) is 1. The number of rotatable bonds is 2. The van der Waals surface area contributed by atoms with Crippen LogP contribution in [-0.2, 0) is 6.54 Å². The molecule has 0 atom stereocenters. The second-order valence-electron chi connectivity index (χ2n) is 3.78. The minimum Gasteiger partial charge on any atom is -0.508 e. The van der Waals surface area contributed by atoms with Gasteiger partial charge < -0.3 is 9.67 Å². The van der Waals surface area contributed by atoms with Gasteiger partial charge in [0.05, 0.1) is 9.26 Å². The normalized spacial score (nSPS) is 10.6. The highest BCUT2D eigenvalue weighted by molar-refractivity contribution is 14.1. The first-order chi connectivity index (χ1) is 8.54. The van der Waals surface area contributed by atoms with Gasteiger partial charge in [0, 0.05) is 18.2 Å². The second-order valence-corrected chi connectivity index (χ2v) is 4.94. The first-order valence-electron chi connectivity index (χ1n) is 5.42. The maximum absolute atomic E-state index is 13.8. The van der Waals surface area contributed by atoms with E-state index in [1.54, 1.807) is 12.1 Å². The van der Waals surface area contributed by atoms with Crippen molar-refractivity contribution in [1.29, 1.82) is 0 Å². The zero-order chi connectivity index (χ0) is 13.3. The minimum absolute atomic E-state index is 0.132. The van der Waals surface area contributed by atoms with Gasteiger partial charge in [-0.15, -0.1) is 0 Å². The molecule has 0 unspecified atom stereocenters. The molecule has 5 heteroatoms. The molecular weight excluding hydrogens is 348 g/mol. The molecule has 94 valence electrons. The third-order valence-electron chi connectivity index (χ3n) is 2.67. The molecule has 0 aliphatic heterocycles. The first-order valence-corrected chi connectivity index (χ1v) is 6.50. The number of aromatic hydroxyl groups is 1. The van der Waals surface area contributed by atoms with Gasteiger partial charge in [0.2, 0.25) is 0 Å². The Labute approximate surface area is 117 Å². The van der Waals surface area contributed by atoms with Crippen molar-refractivity contribution in [3.05, 3.63) is 50.1 Å². The van der Waals surface area contributed by atoms with E-state index < -0.39 is 5.82 Å². The zero-order valence-corrected chi connectivity index (χ0v) is 11.8. The van der Waals surface area contributed by atoms with Crippen LogP contribution in [0.25, 0.3) is 11.3 Å². The van der Waals surface area contributed by atoms with Gasteiger partial charge in [0.25, 0.3) is 5.56 Å². The van der Waals surface area contributed by atoms with E-state index in [2.05, 4.69) is 0 Å². The van der Waals surface area contributed by atoms with E-state index in [4.69, 9.17) is 0 Å². The average molecular weight is 359 g/mol. The van der Waals surface area contributed by atoms with Crippen LogP contribution >= 0.6 is 22.6 Å². The molecule has 0 aliphatic rings. The van der Waals surface area contributed by atoms with Crippen LogP contribution in [0.5, 0.6) is 5.75 Å². The zero-order valence-electron chi connectivity index (χ0n) is 9.65. The fraction of sp³-hybridized carbons (Fsp3) is 0.154. The van der Waals surface area contributed by atoms with Gasteiger partial charge in [0.1, 0.15) is 11.6 Å². The quantitative estimate of drug-likeness (QED) is 0.838. The SMILES string of the molecule is CCn1c(-c2ccc(O)cc2F)ccc(I)c1=O. The molecule has 0 saturated carbocycles. The number of phenolic OH excluding ortho intramolecular Hbond substituents is 1. The fourth-order valence-corrected chi connectivity index (χ4v) is 2.28. The largest absolute Gasteiger partial charge is 0.508 e. The third kappa shape index (κ3) is 2.27. The van der Waals surface area contributed by atoms with Gasteiger partial charge in [-0.05, 0) is 53.8 Å². The van der Waals surface area contributed by atoms with Crippen molar-refractivity contribution >= 4 is 22.6 Å². The van der Waals surface area contributed by atoms with Gasteiger partial charge in [0.15, 0.2) is 0 Å². The van der Waals surface area contributed by atoms with E-state index in [0.717, 1.165) is 6.07 Å². The van der Waals surface area contributed by atoms with E-state index >= 15 is 0 Å². The van der Waals surface area contributed by atoms with Crippen molar-refractivity contribution in [2.24, 2.45) is 0 Å². The monoisotopic (exact) mass is 359 g/mol. The van der Waals surface area contributed by atoms with Crippen molar-refractivity contribution < 1.29 is 9.50 Å². The molecule has 0 aliphatic carbocycles. The average Bonchev–Trinajstić information content (AvgIpc) is 2.33. The highest BCUT2D eigenvalue weighted by atomic mass is 127. The molecule has 0 spiro atoms. The summed E-state index contributed by atoms with van der Waals surface area (Å²) < 4.78 is 15.9. The topological polar surface area (TPSA) is 42.2 Å². The van der Waals surface area contributed by atoms with Crippen LogP contribution in [0.1, 0.15) is 6.92 Å². The summed E-state index contributed by atoms with van der Waals surface area (Å²) in [7, 11) is 0. The summed E-state index contributed by atoms with van der Waals surface area (Å²) >= 11 is 1.96. The van der Waals surface area contributed by atoms with Crippen LogP contribution in [0.15, 0.2) is 35.1 Å². The molecule has 1 heterocycles. The fourth-order valence-electron chi connectivity index (χ4n) is 1.81. The molecule has 1 aromatic carbocycles. The standard InChI is InChI=1S/C13H11FINO2/c1-2-16-12(6-5-11(15)13(16)18)9-4-3-8(17)7-10(9)14/h3-7,17H,2H2,1H3. The summed E-state index contributed by atoms with van der Waals surface area (Å²) in [5.74, 6) is -0.676.